The molecule has 136 valence electrons. The number of carbonyl (C=O) groups excluding carboxylic acids is 2. The van der Waals surface area contributed by atoms with Gasteiger partial charge in [0.05, 0.1) is 0 Å². The average molecular weight is 352 g/mol. The van der Waals surface area contributed by atoms with Gasteiger partial charge in [-0.2, -0.15) is 5.10 Å². The standard InChI is InChI=1S/C20H24N4O2/c1-22-10-7-17(21-22)19(26)23-11-8-20(9-12-23)13-18(25)24(15-20)14-16-5-3-2-4-6-16/h2-7,10H,8-9,11-15H2,1H3. The molecule has 4 rings (SSSR count). The summed E-state index contributed by atoms with van der Waals surface area (Å²) in [7, 11) is 1.81. The molecule has 2 aliphatic rings. The third-order valence-corrected chi connectivity index (χ3v) is 5.67. The van der Waals surface area contributed by atoms with Crippen molar-refractivity contribution in [3.05, 3.63) is 53.9 Å². The number of aromatic nitrogens is 2. The maximum Gasteiger partial charge on any atom is 0.274 e. The lowest BCUT2D eigenvalue weighted by molar-refractivity contribution is -0.128. The fourth-order valence-electron chi connectivity index (χ4n) is 4.14. The monoisotopic (exact) mass is 352 g/mol. The third-order valence-electron chi connectivity index (χ3n) is 5.67. The zero-order valence-electron chi connectivity index (χ0n) is 15.1. The van der Waals surface area contributed by atoms with Gasteiger partial charge in [-0.1, -0.05) is 30.3 Å². The van der Waals surface area contributed by atoms with Crippen LogP contribution in [0.25, 0.3) is 0 Å². The van der Waals surface area contributed by atoms with Crippen molar-refractivity contribution in [1.29, 1.82) is 0 Å². The molecule has 26 heavy (non-hydrogen) atoms. The zero-order valence-corrected chi connectivity index (χ0v) is 15.1. The number of amides is 2. The summed E-state index contributed by atoms with van der Waals surface area (Å²) in [6, 6.07) is 11.9. The van der Waals surface area contributed by atoms with Crippen LogP contribution in [-0.2, 0) is 18.4 Å². The molecule has 2 amide bonds. The molecule has 1 aromatic carbocycles. The van der Waals surface area contributed by atoms with Crippen LogP contribution in [0.1, 0.15) is 35.3 Å². The highest BCUT2D eigenvalue weighted by molar-refractivity contribution is 5.92. The van der Waals surface area contributed by atoms with E-state index >= 15 is 0 Å². The molecule has 0 unspecified atom stereocenters. The zero-order chi connectivity index (χ0) is 18.1. The van der Waals surface area contributed by atoms with Crippen LogP contribution >= 0.6 is 0 Å². The topological polar surface area (TPSA) is 58.4 Å². The molecule has 2 saturated heterocycles. The van der Waals surface area contributed by atoms with Crippen molar-refractivity contribution in [2.75, 3.05) is 19.6 Å². The van der Waals surface area contributed by atoms with Crippen LogP contribution in [0.15, 0.2) is 42.6 Å². The van der Waals surface area contributed by atoms with Gasteiger partial charge in [-0.15, -0.1) is 0 Å². The smallest absolute Gasteiger partial charge is 0.274 e. The van der Waals surface area contributed by atoms with Gasteiger partial charge in [-0.3, -0.25) is 14.3 Å². The molecule has 6 heteroatoms. The number of aryl methyl sites for hydroxylation is 1. The van der Waals surface area contributed by atoms with Gasteiger partial charge in [0.1, 0.15) is 5.69 Å². The Bertz CT molecular complexity index is 806. The lowest BCUT2D eigenvalue weighted by Crippen LogP contribution is -2.44. The summed E-state index contributed by atoms with van der Waals surface area (Å²) in [5, 5.41) is 4.21. The molecule has 2 aliphatic heterocycles. The van der Waals surface area contributed by atoms with Crippen molar-refractivity contribution in [1.82, 2.24) is 19.6 Å². The first-order chi connectivity index (χ1) is 12.5. The number of rotatable bonds is 3. The molecule has 2 fully saturated rings. The van der Waals surface area contributed by atoms with Crippen molar-refractivity contribution >= 4 is 11.8 Å². The summed E-state index contributed by atoms with van der Waals surface area (Å²) in [5.41, 5.74) is 1.68. The Balaban J connectivity index is 1.38. The van der Waals surface area contributed by atoms with E-state index in [0.717, 1.165) is 19.4 Å². The minimum Gasteiger partial charge on any atom is -0.338 e. The Labute approximate surface area is 153 Å². The maximum atomic E-state index is 12.6. The van der Waals surface area contributed by atoms with Gasteiger partial charge in [-0.05, 0) is 24.5 Å². The molecule has 1 spiro atoms. The first kappa shape index (κ1) is 16.8. The van der Waals surface area contributed by atoms with Crippen molar-refractivity contribution in [2.24, 2.45) is 12.5 Å². The van der Waals surface area contributed by atoms with Gasteiger partial charge in [0.15, 0.2) is 0 Å². The number of nitrogens with zero attached hydrogens (tertiary/aromatic N) is 4. The molecule has 0 bridgehead atoms. The number of hydrogen-bond acceptors (Lipinski definition) is 3. The summed E-state index contributed by atoms with van der Waals surface area (Å²) in [6.07, 6.45) is 4.15. The van der Waals surface area contributed by atoms with Crippen LogP contribution in [-0.4, -0.2) is 51.0 Å². The minimum absolute atomic E-state index is 0.00841. The highest BCUT2D eigenvalue weighted by Crippen LogP contribution is 2.41. The van der Waals surface area contributed by atoms with Gasteiger partial charge in [-0.25, -0.2) is 0 Å². The second kappa shape index (κ2) is 6.59. The van der Waals surface area contributed by atoms with E-state index < -0.39 is 0 Å². The first-order valence-corrected chi connectivity index (χ1v) is 9.15. The van der Waals surface area contributed by atoms with Crippen molar-refractivity contribution in [3.63, 3.8) is 0 Å². The molecule has 0 N–H and O–H groups in total. The Morgan fingerprint density at radius 3 is 2.54 bits per heavy atom. The van der Waals surface area contributed by atoms with E-state index in [1.54, 1.807) is 16.9 Å². The number of likely N-dealkylation sites (tertiary alicyclic amines) is 2. The fourth-order valence-corrected chi connectivity index (χ4v) is 4.14. The van der Waals surface area contributed by atoms with Crippen LogP contribution in [0.5, 0.6) is 0 Å². The summed E-state index contributed by atoms with van der Waals surface area (Å²) >= 11 is 0. The number of piperidine rings is 1. The van der Waals surface area contributed by atoms with E-state index in [2.05, 4.69) is 17.2 Å². The molecule has 0 atom stereocenters. The quantitative estimate of drug-likeness (QED) is 0.850. The molecule has 3 heterocycles. The predicted octanol–water partition coefficient (Wildman–Crippen LogP) is 2.08. The van der Waals surface area contributed by atoms with Gasteiger partial charge in [0, 0.05) is 51.3 Å². The van der Waals surface area contributed by atoms with Gasteiger partial charge >= 0.3 is 0 Å². The summed E-state index contributed by atoms with van der Waals surface area (Å²) in [4.78, 5) is 28.9. The molecule has 6 nitrogen and oxygen atoms in total. The van der Waals surface area contributed by atoms with Crippen LogP contribution in [0.2, 0.25) is 0 Å². The number of hydrogen-bond donors (Lipinski definition) is 0. The highest BCUT2D eigenvalue weighted by Gasteiger charge is 2.45. The Hall–Kier alpha value is -2.63. The van der Waals surface area contributed by atoms with Gasteiger partial charge in [0.25, 0.3) is 5.91 Å². The molecule has 1 aromatic heterocycles. The number of carbonyl (C=O) groups is 2. The minimum atomic E-state index is -0.00841. The van der Waals surface area contributed by atoms with E-state index in [1.165, 1.54) is 5.56 Å². The molecular weight excluding hydrogens is 328 g/mol. The first-order valence-electron chi connectivity index (χ1n) is 9.15. The lowest BCUT2D eigenvalue weighted by atomic mass is 9.77. The summed E-state index contributed by atoms with van der Waals surface area (Å²) in [5.74, 6) is 0.226. The van der Waals surface area contributed by atoms with Crippen LogP contribution in [0.4, 0.5) is 0 Å². The predicted molar refractivity (Wildman–Crippen MR) is 97.3 cm³/mol. The second-order valence-electron chi connectivity index (χ2n) is 7.58. The lowest BCUT2D eigenvalue weighted by Gasteiger charge is -2.38. The SMILES string of the molecule is Cn1ccc(C(=O)N2CCC3(CC2)CC(=O)N(Cc2ccccc2)C3)n1. The molecule has 2 aromatic rings. The van der Waals surface area contributed by atoms with Crippen molar-refractivity contribution in [3.8, 4) is 0 Å². The highest BCUT2D eigenvalue weighted by atomic mass is 16.2. The maximum absolute atomic E-state index is 12.6. The Morgan fingerprint density at radius 1 is 1.15 bits per heavy atom. The summed E-state index contributed by atoms with van der Waals surface area (Å²) in [6.45, 7) is 2.87. The van der Waals surface area contributed by atoms with E-state index in [9.17, 15) is 9.59 Å². The summed E-state index contributed by atoms with van der Waals surface area (Å²) < 4.78 is 1.65. The largest absolute Gasteiger partial charge is 0.338 e. The molecule has 0 radical (unpaired) electrons. The van der Waals surface area contributed by atoms with Crippen LogP contribution in [0, 0.1) is 5.41 Å². The second-order valence-corrected chi connectivity index (χ2v) is 7.58. The van der Waals surface area contributed by atoms with E-state index in [1.807, 2.05) is 35.0 Å². The molecule has 0 saturated carbocycles. The van der Waals surface area contributed by atoms with E-state index in [-0.39, 0.29) is 17.2 Å². The van der Waals surface area contributed by atoms with E-state index in [0.29, 0.717) is 31.7 Å². The molecule has 0 aliphatic carbocycles. The van der Waals surface area contributed by atoms with Crippen LogP contribution < -0.4 is 0 Å². The van der Waals surface area contributed by atoms with E-state index in [4.69, 9.17) is 0 Å². The van der Waals surface area contributed by atoms with Crippen LogP contribution in [0.3, 0.4) is 0 Å². The van der Waals surface area contributed by atoms with Gasteiger partial charge in [0.2, 0.25) is 5.91 Å². The number of benzene rings is 1. The average Bonchev–Trinajstić information content (AvgIpc) is 3.20. The normalized spacial score (nSPS) is 19.3. The Kier molecular flexibility index (Phi) is 4.26. The van der Waals surface area contributed by atoms with Gasteiger partial charge < -0.3 is 9.80 Å². The molecular formula is C20H24N4O2. The third kappa shape index (κ3) is 3.23. The Morgan fingerprint density at radius 2 is 1.88 bits per heavy atom. The fraction of sp³-hybridized carbons (Fsp3) is 0.450. The van der Waals surface area contributed by atoms with Crippen molar-refractivity contribution in [2.45, 2.75) is 25.8 Å². The van der Waals surface area contributed by atoms with Crippen molar-refractivity contribution < 1.29 is 9.59 Å².